The number of hydrogen-bond acceptors (Lipinski definition) is 7. The second kappa shape index (κ2) is 14.1. The van der Waals surface area contributed by atoms with Crippen LogP contribution in [0.4, 0.5) is 0 Å². The zero-order valence-corrected chi connectivity index (χ0v) is 11.5. The fourth-order valence-corrected chi connectivity index (χ4v) is 1.41. The fraction of sp³-hybridized carbons (Fsp3) is 1.00. The molecule has 0 saturated carbocycles. The lowest BCUT2D eigenvalue weighted by molar-refractivity contribution is -0.200. The van der Waals surface area contributed by atoms with Crippen molar-refractivity contribution in [3.8, 4) is 0 Å². The zero-order valence-electron chi connectivity index (χ0n) is 11.5. The summed E-state index contributed by atoms with van der Waals surface area (Å²) >= 11 is 0. The van der Waals surface area contributed by atoms with E-state index in [2.05, 4.69) is 0 Å². The molecule has 7 heteroatoms. The fourth-order valence-electron chi connectivity index (χ4n) is 1.41. The van der Waals surface area contributed by atoms with E-state index in [1.807, 2.05) is 0 Å². The van der Waals surface area contributed by atoms with Crippen LogP contribution < -0.4 is 11.5 Å². The largest absolute Gasteiger partial charge is 0.394 e. The van der Waals surface area contributed by atoms with Crippen molar-refractivity contribution in [1.82, 2.24) is 0 Å². The average Bonchev–Trinajstić information content (AvgIpc) is 2.42. The molecule has 0 saturated heterocycles. The van der Waals surface area contributed by atoms with Crippen molar-refractivity contribution >= 4 is 0 Å². The zero-order chi connectivity index (χ0) is 14.3. The topological polar surface area (TPSA) is 120 Å². The molecule has 0 aliphatic heterocycles. The van der Waals surface area contributed by atoms with E-state index in [-0.39, 0.29) is 13.2 Å². The van der Waals surface area contributed by atoms with E-state index in [1.54, 1.807) is 0 Å². The Balaban J connectivity index is 3.87. The van der Waals surface area contributed by atoms with Crippen LogP contribution in [0, 0.1) is 0 Å². The monoisotopic (exact) mass is 280 g/mol. The summed E-state index contributed by atoms with van der Waals surface area (Å²) in [5.41, 5.74) is 10.8. The molecule has 0 spiro atoms. The maximum absolute atomic E-state index is 9.92. The van der Waals surface area contributed by atoms with Gasteiger partial charge in [0.15, 0.2) is 6.29 Å². The Bertz CT molecular complexity index is 186. The molecule has 0 aromatic heterocycles. The van der Waals surface area contributed by atoms with Crippen LogP contribution in [-0.2, 0) is 14.2 Å². The van der Waals surface area contributed by atoms with Crippen LogP contribution in [0.2, 0.25) is 0 Å². The van der Waals surface area contributed by atoms with Crippen molar-refractivity contribution in [2.75, 3.05) is 46.1 Å². The van der Waals surface area contributed by atoms with Gasteiger partial charge in [0, 0.05) is 0 Å². The molecule has 0 amide bonds. The first kappa shape index (κ1) is 18.7. The summed E-state index contributed by atoms with van der Waals surface area (Å²) in [6.07, 6.45) is 0.559. The number of ether oxygens (including phenoxy) is 3. The summed E-state index contributed by atoms with van der Waals surface area (Å²) < 4.78 is 16.0. The van der Waals surface area contributed by atoms with E-state index in [0.717, 1.165) is 0 Å². The minimum Gasteiger partial charge on any atom is -0.394 e. The Hall–Kier alpha value is -0.280. The third-order valence-corrected chi connectivity index (χ3v) is 2.39. The minimum absolute atomic E-state index is 0.0183. The van der Waals surface area contributed by atoms with E-state index < -0.39 is 12.4 Å². The first-order valence-corrected chi connectivity index (χ1v) is 6.76. The maximum atomic E-state index is 9.92. The van der Waals surface area contributed by atoms with E-state index in [0.29, 0.717) is 52.2 Å². The molecule has 0 rings (SSSR count). The Morgan fingerprint density at radius 2 is 1.58 bits per heavy atom. The maximum Gasteiger partial charge on any atom is 0.183 e. The molecule has 0 aromatic carbocycles. The van der Waals surface area contributed by atoms with E-state index in [4.69, 9.17) is 30.8 Å². The molecule has 0 aromatic rings. The number of hydrogen-bond donors (Lipinski definition) is 4. The number of aliphatic hydroxyl groups excluding tert-OH is 2. The van der Waals surface area contributed by atoms with E-state index in [9.17, 15) is 5.11 Å². The molecular formula is C12H28N2O5. The van der Waals surface area contributed by atoms with Crippen LogP contribution in [-0.4, -0.2) is 68.7 Å². The van der Waals surface area contributed by atoms with Gasteiger partial charge in [0.2, 0.25) is 0 Å². The lowest BCUT2D eigenvalue weighted by Crippen LogP contribution is -2.34. The number of rotatable bonds is 14. The third kappa shape index (κ3) is 11.3. The second-order valence-electron chi connectivity index (χ2n) is 4.09. The van der Waals surface area contributed by atoms with E-state index in [1.165, 1.54) is 0 Å². The molecular weight excluding hydrogens is 252 g/mol. The Labute approximate surface area is 114 Å². The molecule has 2 unspecified atom stereocenters. The molecule has 0 aliphatic rings. The van der Waals surface area contributed by atoms with Gasteiger partial charge in [-0.1, -0.05) is 0 Å². The van der Waals surface area contributed by atoms with Crippen molar-refractivity contribution in [1.29, 1.82) is 0 Å². The van der Waals surface area contributed by atoms with Gasteiger partial charge < -0.3 is 35.9 Å². The molecule has 2 atom stereocenters. The Morgan fingerprint density at radius 1 is 0.895 bits per heavy atom. The average molecular weight is 280 g/mol. The second-order valence-corrected chi connectivity index (χ2v) is 4.09. The third-order valence-electron chi connectivity index (χ3n) is 2.39. The van der Waals surface area contributed by atoms with Gasteiger partial charge in [-0.15, -0.1) is 0 Å². The Morgan fingerprint density at radius 3 is 2.21 bits per heavy atom. The van der Waals surface area contributed by atoms with Crippen LogP contribution in [0.1, 0.15) is 19.3 Å². The first-order chi connectivity index (χ1) is 9.26. The van der Waals surface area contributed by atoms with Gasteiger partial charge >= 0.3 is 0 Å². The molecule has 0 radical (unpaired) electrons. The Kier molecular flexibility index (Phi) is 13.9. The molecule has 19 heavy (non-hydrogen) atoms. The van der Waals surface area contributed by atoms with Gasteiger partial charge in [0.1, 0.15) is 6.10 Å². The molecule has 0 aliphatic carbocycles. The van der Waals surface area contributed by atoms with E-state index >= 15 is 0 Å². The van der Waals surface area contributed by atoms with Gasteiger partial charge in [-0.3, -0.25) is 0 Å². The highest BCUT2D eigenvalue weighted by Gasteiger charge is 2.19. The van der Waals surface area contributed by atoms with Crippen molar-refractivity contribution in [2.45, 2.75) is 31.7 Å². The highest BCUT2D eigenvalue weighted by Crippen LogP contribution is 2.08. The quantitative estimate of drug-likeness (QED) is 0.233. The van der Waals surface area contributed by atoms with Crippen LogP contribution in [0.25, 0.3) is 0 Å². The van der Waals surface area contributed by atoms with Gasteiger partial charge in [-0.25, -0.2) is 0 Å². The molecule has 116 valence electrons. The summed E-state index contributed by atoms with van der Waals surface area (Å²) in [6, 6.07) is 0. The van der Waals surface area contributed by atoms with Gasteiger partial charge in [-0.05, 0) is 32.4 Å². The standard InChI is InChI=1S/C12H28N2O5/c13-4-1-3-11(16)12(18-7-2-5-14)19-10-9-17-8-6-15/h11-12,15-16H,1-10,13-14H2. The first-order valence-electron chi connectivity index (χ1n) is 6.76. The lowest BCUT2D eigenvalue weighted by Gasteiger charge is -2.23. The molecule has 0 fully saturated rings. The predicted molar refractivity (Wildman–Crippen MR) is 71.6 cm³/mol. The molecule has 0 bridgehead atoms. The normalized spacial score (nSPS) is 14.5. The van der Waals surface area contributed by atoms with Gasteiger partial charge in [-0.2, -0.15) is 0 Å². The molecule has 6 N–H and O–H groups in total. The highest BCUT2D eigenvalue weighted by molar-refractivity contribution is 4.61. The molecule has 0 heterocycles. The summed E-state index contributed by atoms with van der Waals surface area (Å²) in [6.45, 7) is 2.40. The summed E-state index contributed by atoms with van der Waals surface area (Å²) in [5, 5.41) is 18.5. The van der Waals surface area contributed by atoms with Gasteiger partial charge in [0.25, 0.3) is 0 Å². The summed E-state index contributed by atoms with van der Waals surface area (Å²) in [5.74, 6) is 0. The van der Waals surface area contributed by atoms with Crippen molar-refractivity contribution in [3.05, 3.63) is 0 Å². The summed E-state index contributed by atoms with van der Waals surface area (Å²) in [7, 11) is 0. The smallest absolute Gasteiger partial charge is 0.183 e. The van der Waals surface area contributed by atoms with Gasteiger partial charge in [0.05, 0.1) is 33.0 Å². The van der Waals surface area contributed by atoms with Crippen molar-refractivity contribution in [3.63, 3.8) is 0 Å². The summed E-state index contributed by atoms with van der Waals surface area (Å²) in [4.78, 5) is 0. The lowest BCUT2D eigenvalue weighted by atomic mass is 10.2. The number of aliphatic hydroxyl groups is 2. The SMILES string of the molecule is NCCCOC(OCCOCCO)C(O)CCCN. The predicted octanol–water partition coefficient (Wildman–Crippen LogP) is -1.20. The van der Waals surface area contributed by atoms with Crippen molar-refractivity contribution < 1.29 is 24.4 Å². The van der Waals surface area contributed by atoms with Crippen LogP contribution in [0.5, 0.6) is 0 Å². The molecule has 7 nitrogen and oxygen atoms in total. The van der Waals surface area contributed by atoms with Crippen LogP contribution in [0.3, 0.4) is 0 Å². The minimum atomic E-state index is -0.709. The van der Waals surface area contributed by atoms with Crippen LogP contribution >= 0.6 is 0 Å². The highest BCUT2D eigenvalue weighted by atomic mass is 16.7. The number of nitrogens with two attached hydrogens (primary N) is 2. The van der Waals surface area contributed by atoms with Crippen LogP contribution in [0.15, 0.2) is 0 Å². The van der Waals surface area contributed by atoms with Crippen molar-refractivity contribution in [2.24, 2.45) is 11.5 Å².